The number of anilines is 1. The molecule has 2 N–H and O–H groups in total. The number of nitrogen functional groups attached to an aromatic ring is 1. The lowest BCUT2D eigenvalue weighted by Gasteiger charge is -2.13. The highest BCUT2D eigenvalue weighted by atomic mass is 79.9. The summed E-state index contributed by atoms with van der Waals surface area (Å²) < 4.78 is 8.33. The van der Waals surface area contributed by atoms with Crippen LogP contribution in [0.2, 0.25) is 0 Å². The standard InChI is InChI=1S/C18H22BrN5O/c1-9(2)12-7-24(17-14(12)16(19)22-18(20)23-17)8-13-11(4)15(25-5)10(3)6-21-13/h6-7,9H,8H2,1-5H3,(H2,20,22,23). The Morgan fingerprint density at radius 2 is 2.00 bits per heavy atom. The number of nitrogens with zero attached hydrogens (tertiary/aromatic N) is 4. The third-order valence-corrected chi connectivity index (χ3v) is 4.98. The average Bonchev–Trinajstić information content (AvgIpc) is 2.90. The second kappa shape index (κ2) is 6.63. The van der Waals surface area contributed by atoms with Crippen molar-refractivity contribution in [2.24, 2.45) is 0 Å². The molecule has 3 aromatic heterocycles. The van der Waals surface area contributed by atoms with Gasteiger partial charge in [-0.15, -0.1) is 0 Å². The molecule has 0 saturated carbocycles. The third-order valence-electron chi connectivity index (χ3n) is 4.41. The second-order valence-corrected chi connectivity index (χ2v) is 7.24. The first-order valence-electron chi connectivity index (χ1n) is 8.14. The largest absolute Gasteiger partial charge is 0.496 e. The molecule has 0 aliphatic heterocycles. The van der Waals surface area contributed by atoms with E-state index in [1.54, 1.807) is 7.11 Å². The lowest BCUT2D eigenvalue weighted by Crippen LogP contribution is -2.07. The first-order chi connectivity index (χ1) is 11.8. The molecule has 0 aliphatic rings. The van der Waals surface area contributed by atoms with Crippen molar-refractivity contribution in [3.8, 4) is 5.75 Å². The molecule has 3 aromatic rings. The normalized spacial score (nSPS) is 11.5. The molecule has 3 heterocycles. The maximum Gasteiger partial charge on any atom is 0.223 e. The van der Waals surface area contributed by atoms with Crippen molar-refractivity contribution in [2.45, 2.75) is 40.2 Å². The van der Waals surface area contributed by atoms with Gasteiger partial charge in [-0.3, -0.25) is 4.98 Å². The Morgan fingerprint density at radius 3 is 2.64 bits per heavy atom. The zero-order valence-corrected chi connectivity index (χ0v) is 16.7. The molecule has 0 amide bonds. The SMILES string of the molecule is COc1c(C)cnc(Cn2cc(C(C)C)c3c(Br)nc(N)nc32)c1C. The molecule has 0 atom stereocenters. The van der Waals surface area contributed by atoms with Crippen LogP contribution in [0.15, 0.2) is 17.0 Å². The van der Waals surface area contributed by atoms with E-state index in [-0.39, 0.29) is 5.95 Å². The summed E-state index contributed by atoms with van der Waals surface area (Å²) >= 11 is 3.53. The van der Waals surface area contributed by atoms with Crippen molar-refractivity contribution in [2.75, 3.05) is 12.8 Å². The van der Waals surface area contributed by atoms with Crippen molar-refractivity contribution in [1.82, 2.24) is 19.5 Å². The molecule has 0 unspecified atom stereocenters. The predicted molar refractivity (Wildman–Crippen MR) is 103 cm³/mol. The predicted octanol–water partition coefficient (Wildman–Crippen LogP) is 3.97. The Morgan fingerprint density at radius 1 is 1.28 bits per heavy atom. The highest BCUT2D eigenvalue weighted by Crippen LogP contribution is 2.33. The lowest BCUT2D eigenvalue weighted by atomic mass is 10.1. The number of ether oxygens (including phenoxy) is 1. The summed E-state index contributed by atoms with van der Waals surface area (Å²) in [4.78, 5) is 13.3. The number of methoxy groups -OCH3 is 1. The molecule has 0 spiro atoms. The number of aryl methyl sites for hydroxylation is 1. The first-order valence-corrected chi connectivity index (χ1v) is 8.93. The topological polar surface area (TPSA) is 78.8 Å². The molecule has 0 aliphatic carbocycles. The van der Waals surface area contributed by atoms with E-state index in [4.69, 9.17) is 10.5 Å². The zero-order valence-electron chi connectivity index (χ0n) is 15.1. The van der Waals surface area contributed by atoms with E-state index < -0.39 is 0 Å². The first kappa shape index (κ1) is 17.7. The van der Waals surface area contributed by atoms with Crippen molar-refractivity contribution in [3.63, 3.8) is 0 Å². The highest BCUT2D eigenvalue weighted by Gasteiger charge is 2.19. The summed E-state index contributed by atoms with van der Waals surface area (Å²) in [5.74, 6) is 1.47. The number of hydrogen-bond donors (Lipinski definition) is 1. The fourth-order valence-electron chi connectivity index (χ4n) is 3.14. The summed E-state index contributed by atoms with van der Waals surface area (Å²) in [6.07, 6.45) is 3.96. The Bertz CT molecular complexity index is 949. The fourth-order valence-corrected chi connectivity index (χ4v) is 3.73. The quantitative estimate of drug-likeness (QED) is 0.666. The molecule has 25 heavy (non-hydrogen) atoms. The molecular weight excluding hydrogens is 382 g/mol. The van der Waals surface area contributed by atoms with Crippen LogP contribution in [0.3, 0.4) is 0 Å². The van der Waals surface area contributed by atoms with Crippen molar-refractivity contribution in [3.05, 3.63) is 39.4 Å². The molecule has 0 radical (unpaired) electrons. The summed E-state index contributed by atoms with van der Waals surface area (Å²) in [6.45, 7) is 8.92. The lowest BCUT2D eigenvalue weighted by molar-refractivity contribution is 0.406. The number of nitrogens with two attached hydrogens (primary N) is 1. The number of rotatable bonds is 4. The van der Waals surface area contributed by atoms with Crippen LogP contribution in [0.5, 0.6) is 5.75 Å². The monoisotopic (exact) mass is 403 g/mol. The third kappa shape index (κ3) is 3.08. The number of halogens is 1. The van der Waals surface area contributed by atoms with E-state index in [0.717, 1.165) is 38.2 Å². The Balaban J connectivity index is 2.17. The van der Waals surface area contributed by atoms with E-state index in [2.05, 4.69) is 55.5 Å². The molecule has 7 heteroatoms. The summed E-state index contributed by atoms with van der Waals surface area (Å²) in [6, 6.07) is 0. The molecule has 132 valence electrons. The van der Waals surface area contributed by atoms with Gasteiger partial charge in [0.15, 0.2) is 0 Å². The van der Waals surface area contributed by atoms with Gasteiger partial charge < -0.3 is 15.0 Å². The zero-order chi connectivity index (χ0) is 18.3. The summed E-state index contributed by atoms with van der Waals surface area (Å²) in [7, 11) is 1.69. The van der Waals surface area contributed by atoms with Crippen LogP contribution in [-0.4, -0.2) is 26.6 Å². The molecular formula is C18H22BrN5O. The van der Waals surface area contributed by atoms with Gasteiger partial charge in [-0.1, -0.05) is 13.8 Å². The fraction of sp³-hybridized carbons (Fsp3) is 0.389. The van der Waals surface area contributed by atoms with Gasteiger partial charge in [0.1, 0.15) is 16.0 Å². The van der Waals surface area contributed by atoms with Gasteiger partial charge in [-0.2, -0.15) is 4.98 Å². The van der Waals surface area contributed by atoms with Gasteiger partial charge in [0, 0.05) is 23.5 Å². The second-order valence-electron chi connectivity index (χ2n) is 6.48. The summed E-state index contributed by atoms with van der Waals surface area (Å²) in [5.41, 5.74) is 10.9. The average molecular weight is 404 g/mol. The molecule has 3 rings (SSSR count). The van der Waals surface area contributed by atoms with Gasteiger partial charge in [-0.25, -0.2) is 4.98 Å². The number of hydrogen-bond acceptors (Lipinski definition) is 5. The van der Waals surface area contributed by atoms with Gasteiger partial charge in [0.25, 0.3) is 0 Å². The van der Waals surface area contributed by atoms with Crippen LogP contribution in [0, 0.1) is 13.8 Å². The Labute approximate surface area is 155 Å². The van der Waals surface area contributed by atoms with Gasteiger partial charge in [0.2, 0.25) is 5.95 Å². The van der Waals surface area contributed by atoms with Crippen LogP contribution >= 0.6 is 15.9 Å². The Hall–Kier alpha value is -2.15. The molecule has 0 bridgehead atoms. The van der Waals surface area contributed by atoms with Gasteiger partial charge >= 0.3 is 0 Å². The van der Waals surface area contributed by atoms with E-state index in [0.29, 0.717) is 12.5 Å². The van der Waals surface area contributed by atoms with Crippen molar-refractivity contribution in [1.29, 1.82) is 0 Å². The molecule has 0 saturated heterocycles. The van der Waals surface area contributed by atoms with Crippen molar-refractivity contribution < 1.29 is 4.74 Å². The smallest absolute Gasteiger partial charge is 0.223 e. The molecule has 0 aromatic carbocycles. The highest BCUT2D eigenvalue weighted by molar-refractivity contribution is 9.10. The van der Waals surface area contributed by atoms with E-state index in [9.17, 15) is 0 Å². The van der Waals surface area contributed by atoms with E-state index in [1.807, 2.05) is 20.0 Å². The Kier molecular flexibility index (Phi) is 4.69. The van der Waals surface area contributed by atoms with E-state index >= 15 is 0 Å². The minimum absolute atomic E-state index is 0.250. The van der Waals surface area contributed by atoms with Crippen LogP contribution in [0.1, 0.15) is 42.1 Å². The maximum absolute atomic E-state index is 5.87. The summed E-state index contributed by atoms with van der Waals surface area (Å²) in [5, 5.41) is 1.00. The molecule has 0 fully saturated rings. The number of aromatic nitrogens is 4. The maximum atomic E-state index is 5.87. The van der Waals surface area contributed by atoms with Gasteiger partial charge in [0.05, 0.1) is 24.7 Å². The van der Waals surface area contributed by atoms with Crippen LogP contribution in [-0.2, 0) is 6.54 Å². The minimum Gasteiger partial charge on any atom is -0.496 e. The van der Waals surface area contributed by atoms with Crippen molar-refractivity contribution >= 4 is 32.9 Å². The minimum atomic E-state index is 0.250. The van der Waals surface area contributed by atoms with Crippen LogP contribution in [0.25, 0.3) is 11.0 Å². The molecule has 6 nitrogen and oxygen atoms in total. The van der Waals surface area contributed by atoms with Crippen LogP contribution in [0.4, 0.5) is 5.95 Å². The number of pyridine rings is 1. The van der Waals surface area contributed by atoms with Crippen LogP contribution < -0.4 is 10.5 Å². The number of fused-ring (bicyclic) bond motifs is 1. The van der Waals surface area contributed by atoms with Gasteiger partial charge in [-0.05, 0) is 41.3 Å². The van der Waals surface area contributed by atoms with E-state index in [1.165, 1.54) is 5.56 Å².